The van der Waals surface area contributed by atoms with Gasteiger partial charge in [-0.3, -0.25) is 0 Å². The van der Waals surface area contributed by atoms with Crippen LogP contribution >= 0.6 is 11.8 Å². The summed E-state index contributed by atoms with van der Waals surface area (Å²) in [6.45, 7) is 9.32. The Labute approximate surface area is 114 Å². The zero-order chi connectivity index (χ0) is 13.1. The number of rotatable bonds is 11. The molecule has 0 fully saturated rings. The van der Waals surface area contributed by atoms with Crippen molar-refractivity contribution < 1.29 is 0 Å². The van der Waals surface area contributed by atoms with Gasteiger partial charge in [0.2, 0.25) is 0 Å². The number of hydrogen-bond donors (Lipinski definition) is 1. The van der Waals surface area contributed by atoms with E-state index in [1.54, 1.807) is 0 Å². The molecule has 0 aromatic heterocycles. The van der Waals surface area contributed by atoms with Crippen LogP contribution in [0, 0.1) is 0 Å². The minimum Gasteiger partial charge on any atom is -0.308 e. The lowest BCUT2D eigenvalue weighted by Crippen LogP contribution is -2.48. The van der Waals surface area contributed by atoms with Gasteiger partial charge in [0, 0.05) is 17.3 Å². The normalized spacial score (nSPS) is 16.8. The van der Waals surface area contributed by atoms with Gasteiger partial charge < -0.3 is 5.32 Å². The molecule has 104 valence electrons. The summed E-state index contributed by atoms with van der Waals surface area (Å²) < 4.78 is 0. The maximum atomic E-state index is 3.87. The summed E-state index contributed by atoms with van der Waals surface area (Å²) >= 11 is 1.94. The van der Waals surface area contributed by atoms with Gasteiger partial charge in [0.1, 0.15) is 0 Å². The highest BCUT2D eigenvalue weighted by molar-refractivity contribution is 7.98. The van der Waals surface area contributed by atoms with Crippen LogP contribution < -0.4 is 5.32 Å². The van der Waals surface area contributed by atoms with Gasteiger partial charge in [0.15, 0.2) is 0 Å². The van der Waals surface area contributed by atoms with Gasteiger partial charge in [0.25, 0.3) is 0 Å². The number of hydrogen-bond acceptors (Lipinski definition) is 2. The van der Waals surface area contributed by atoms with E-state index in [4.69, 9.17) is 0 Å². The van der Waals surface area contributed by atoms with Crippen LogP contribution in [0.25, 0.3) is 0 Å². The Hall–Kier alpha value is 0.310. The van der Waals surface area contributed by atoms with Crippen molar-refractivity contribution in [2.75, 3.05) is 12.0 Å². The van der Waals surface area contributed by atoms with Crippen molar-refractivity contribution in [1.29, 1.82) is 0 Å². The molecular weight excluding hydrogens is 226 g/mol. The summed E-state index contributed by atoms with van der Waals surface area (Å²) in [4.78, 5) is 0. The lowest BCUT2D eigenvalue weighted by molar-refractivity contribution is 0.271. The SMILES string of the molecule is CCCCCC(C)(CCCC)NC(C)CSC. The molecule has 0 aliphatic heterocycles. The first-order valence-electron chi connectivity index (χ1n) is 7.34. The highest BCUT2D eigenvalue weighted by Crippen LogP contribution is 2.22. The van der Waals surface area contributed by atoms with E-state index < -0.39 is 0 Å². The van der Waals surface area contributed by atoms with Crippen LogP contribution in [0.1, 0.15) is 72.6 Å². The van der Waals surface area contributed by atoms with Gasteiger partial charge in [-0.15, -0.1) is 0 Å². The molecule has 0 aliphatic carbocycles. The standard InChI is InChI=1S/C15H33NS/c1-6-8-10-12-15(4,11-9-7-2)16-14(3)13-17-5/h14,16H,6-13H2,1-5H3. The zero-order valence-electron chi connectivity index (χ0n) is 12.6. The van der Waals surface area contributed by atoms with E-state index >= 15 is 0 Å². The molecule has 0 saturated heterocycles. The van der Waals surface area contributed by atoms with Crippen LogP contribution in [0.2, 0.25) is 0 Å². The van der Waals surface area contributed by atoms with Gasteiger partial charge in [-0.2, -0.15) is 11.8 Å². The second kappa shape index (κ2) is 10.3. The van der Waals surface area contributed by atoms with Gasteiger partial charge in [0.05, 0.1) is 0 Å². The second-order valence-electron chi connectivity index (χ2n) is 5.62. The topological polar surface area (TPSA) is 12.0 Å². The quantitative estimate of drug-likeness (QED) is 0.532. The predicted molar refractivity (Wildman–Crippen MR) is 83.1 cm³/mol. The minimum atomic E-state index is 0.361. The molecule has 1 N–H and O–H groups in total. The highest BCUT2D eigenvalue weighted by atomic mass is 32.2. The third kappa shape index (κ3) is 8.96. The summed E-state index contributed by atoms with van der Waals surface area (Å²) in [5.41, 5.74) is 0.361. The molecule has 0 heterocycles. The van der Waals surface area contributed by atoms with Crippen LogP contribution in [0.3, 0.4) is 0 Å². The summed E-state index contributed by atoms with van der Waals surface area (Å²) in [7, 11) is 0. The van der Waals surface area contributed by atoms with Crippen molar-refractivity contribution in [3.05, 3.63) is 0 Å². The second-order valence-corrected chi connectivity index (χ2v) is 6.53. The average molecular weight is 260 g/mol. The number of thioether (sulfide) groups is 1. The highest BCUT2D eigenvalue weighted by Gasteiger charge is 2.24. The molecule has 2 atom stereocenters. The fraction of sp³-hybridized carbons (Fsp3) is 1.00. The Bertz CT molecular complexity index is 172. The minimum absolute atomic E-state index is 0.361. The number of unbranched alkanes of at least 4 members (excludes halogenated alkanes) is 3. The van der Waals surface area contributed by atoms with E-state index in [9.17, 15) is 0 Å². The van der Waals surface area contributed by atoms with Gasteiger partial charge in [-0.1, -0.05) is 46.0 Å². The molecule has 0 amide bonds. The van der Waals surface area contributed by atoms with E-state index in [0.29, 0.717) is 11.6 Å². The molecule has 1 nitrogen and oxygen atoms in total. The molecule has 0 spiro atoms. The molecule has 2 heteroatoms. The van der Waals surface area contributed by atoms with Crippen molar-refractivity contribution in [3.63, 3.8) is 0 Å². The Kier molecular flexibility index (Phi) is 10.4. The van der Waals surface area contributed by atoms with Crippen LogP contribution in [0.4, 0.5) is 0 Å². The molecule has 0 rings (SSSR count). The van der Waals surface area contributed by atoms with Crippen molar-refractivity contribution >= 4 is 11.8 Å². The Morgan fingerprint density at radius 1 is 1.06 bits per heavy atom. The third-order valence-electron chi connectivity index (χ3n) is 3.43. The van der Waals surface area contributed by atoms with Crippen LogP contribution in [0.15, 0.2) is 0 Å². The van der Waals surface area contributed by atoms with Gasteiger partial charge >= 0.3 is 0 Å². The summed E-state index contributed by atoms with van der Waals surface area (Å²) in [6, 6.07) is 0.633. The lowest BCUT2D eigenvalue weighted by Gasteiger charge is -2.34. The van der Waals surface area contributed by atoms with Crippen molar-refractivity contribution in [2.45, 2.75) is 84.2 Å². The monoisotopic (exact) mass is 259 g/mol. The summed E-state index contributed by atoms with van der Waals surface area (Å²) in [6.07, 6.45) is 11.6. The van der Waals surface area contributed by atoms with E-state index in [0.717, 1.165) is 0 Å². The third-order valence-corrected chi connectivity index (χ3v) is 4.26. The predicted octanol–water partition coefficient (Wildman–Crippen LogP) is 4.86. The zero-order valence-corrected chi connectivity index (χ0v) is 13.5. The maximum Gasteiger partial charge on any atom is 0.0156 e. The fourth-order valence-electron chi connectivity index (χ4n) is 2.49. The van der Waals surface area contributed by atoms with Gasteiger partial charge in [-0.25, -0.2) is 0 Å². The van der Waals surface area contributed by atoms with E-state index in [1.165, 1.54) is 50.7 Å². The van der Waals surface area contributed by atoms with Gasteiger partial charge in [-0.05, 0) is 32.9 Å². The van der Waals surface area contributed by atoms with Crippen molar-refractivity contribution in [1.82, 2.24) is 5.32 Å². The molecule has 0 aliphatic rings. The molecule has 0 aromatic carbocycles. The van der Waals surface area contributed by atoms with Crippen LogP contribution in [0.5, 0.6) is 0 Å². The molecule has 0 aromatic rings. The first-order chi connectivity index (χ1) is 8.08. The molecule has 0 bridgehead atoms. The average Bonchev–Trinajstić information content (AvgIpc) is 2.27. The molecule has 0 saturated carbocycles. The fourth-order valence-corrected chi connectivity index (χ4v) is 3.07. The first kappa shape index (κ1) is 17.3. The largest absolute Gasteiger partial charge is 0.308 e. The van der Waals surface area contributed by atoms with E-state index in [-0.39, 0.29) is 0 Å². The Balaban J connectivity index is 4.16. The van der Waals surface area contributed by atoms with E-state index in [1.807, 2.05) is 11.8 Å². The Morgan fingerprint density at radius 2 is 1.65 bits per heavy atom. The molecule has 0 radical (unpaired) electrons. The van der Waals surface area contributed by atoms with Crippen LogP contribution in [-0.4, -0.2) is 23.6 Å². The van der Waals surface area contributed by atoms with Crippen molar-refractivity contribution in [3.8, 4) is 0 Å². The Morgan fingerprint density at radius 3 is 2.18 bits per heavy atom. The summed E-state index contributed by atoms with van der Waals surface area (Å²) in [5, 5.41) is 3.87. The van der Waals surface area contributed by atoms with Crippen molar-refractivity contribution in [2.24, 2.45) is 0 Å². The maximum absolute atomic E-state index is 3.87. The van der Waals surface area contributed by atoms with E-state index in [2.05, 4.69) is 39.3 Å². The lowest BCUT2D eigenvalue weighted by atomic mass is 9.88. The first-order valence-corrected chi connectivity index (χ1v) is 8.74. The molecular formula is C15H33NS. The molecule has 17 heavy (non-hydrogen) atoms. The number of nitrogens with one attached hydrogen (secondary N) is 1. The molecule has 2 unspecified atom stereocenters. The van der Waals surface area contributed by atoms with Crippen LogP contribution in [-0.2, 0) is 0 Å². The summed E-state index contributed by atoms with van der Waals surface area (Å²) in [5.74, 6) is 1.22. The smallest absolute Gasteiger partial charge is 0.0156 e.